The monoisotopic (exact) mass is 333 g/mol. The third kappa shape index (κ3) is 3.10. The third-order valence-corrected chi connectivity index (χ3v) is 3.79. The number of carboxylic acids is 1. The van der Waals surface area contributed by atoms with E-state index in [0.29, 0.717) is 23.1 Å². The molecule has 0 saturated heterocycles. The van der Waals surface area contributed by atoms with Crippen LogP contribution in [0.4, 0.5) is 0 Å². The average Bonchev–Trinajstić information content (AvgIpc) is 2.93. The van der Waals surface area contributed by atoms with Gasteiger partial charge in [0.25, 0.3) is 0 Å². The third-order valence-electron chi connectivity index (χ3n) is 3.79. The van der Waals surface area contributed by atoms with Crippen molar-refractivity contribution >= 4 is 16.9 Å². The number of allylic oxidation sites excluding steroid dienone is 1. The topological polar surface area (TPSA) is 105 Å². The van der Waals surface area contributed by atoms with Gasteiger partial charge in [-0.1, -0.05) is 6.08 Å². The van der Waals surface area contributed by atoms with Crippen molar-refractivity contribution in [1.29, 1.82) is 5.26 Å². The van der Waals surface area contributed by atoms with Crippen molar-refractivity contribution in [1.82, 2.24) is 19.7 Å². The Morgan fingerprint density at radius 1 is 1.36 bits per heavy atom. The average molecular weight is 333 g/mol. The van der Waals surface area contributed by atoms with Gasteiger partial charge >= 0.3 is 5.97 Å². The van der Waals surface area contributed by atoms with E-state index in [-0.39, 0.29) is 12.2 Å². The summed E-state index contributed by atoms with van der Waals surface area (Å²) < 4.78 is 1.35. The lowest BCUT2D eigenvalue weighted by Crippen LogP contribution is -2.11. The van der Waals surface area contributed by atoms with Gasteiger partial charge in [0.1, 0.15) is 18.4 Å². The molecule has 0 saturated carbocycles. The van der Waals surface area contributed by atoms with Crippen LogP contribution in [0.15, 0.2) is 37.2 Å². The highest BCUT2D eigenvalue weighted by Gasteiger charge is 2.17. The van der Waals surface area contributed by atoms with E-state index in [2.05, 4.69) is 21.6 Å². The van der Waals surface area contributed by atoms with Gasteiger partial charge in [-0.2, -0.15) is 10.4 Å². The summed E-state index contributed by atoms with van der Waals surface area (Å²) in [7, 11) is 0. The first-order valence-corrected chi connectivity index (χ1v) is 7.58. The summed E-state index contributed by atoms with van der Waals surface area (Å²) >= 11 is 0. The number of rotatable bonds is 5. The van der Waals surface area contributed by atoms with Gasteiger partial charge in [-0.15, -0.1) is 6.58 Å². The summed E-state index contributed by atoms with van der Waals surface area (Å²) in [4.78, 5) is 19.5. The van der Waals surface area contributed by atoms with Crippen LogP contribution in [0.5, 0.6) is 0 Å². The number of fused-ring (bicyclic) bond motifs is 1. The fourth-order valence-corrected chi connectivity index (χ4v) is 2.75. The molecule has 124 valence electrons. The summed E-state index contributed by atoms with van der Waals surface area (Å²) in [5.74, 6) is -0.349. The van der Waals surface area contributed by atoms with Crippen LogP contribution in [0, 0.1) is 18.3 Å². The summed E-state index contributed by atoms with van der Waals surface area (Å²) in [5.41, 5.74) is 3.33. The zero-order chi connectivity index (χ0) is 18.0. The molecular formula is C18H15N5O2. The van der Waals surface area contributed by atoms with E-state index in [4.69, 9.17) is 5.11 Å². The molecule has 1 aromatic carbocycles. The fourth-order valence-electron chi connectivity index (χ4n) is 2.75. The van der Waals surface area contributed by atoms with Crippen LogP contribution in [0.3, 0.4) is 0 Å². The van der Waals surface area contributed by atoms with Crippen LogP contribution < -0.4 is 0 Å². The molecule has 2 heterocycles. The maximum Gasteiger partial charge on any atom is 0.325 e. The number of carboxylic acid groups (broad SMARTS) is 1. The quantitative estimate of drug-likeness (QED) is 0.719. The second-order valence-corrected chi connectivity index (χ2v) is 5.56. The van der Waals surface area contributed by atoms with E-state index in [1.54, 1.807) is 25.4 Å². The number of hydrogen-bond acceptors (Lipinski definition) is 5. The van der Waals surface area contributed by atoms with Crippen molar-refractivity contribution in [3.05, 3.63) is 54.3 Å². The fraction of sp³-hybridized carbons (Fsp3) is 0.167. The zero-order valence-corrected chi connectivity index (χ0v) is 13.6. The molecule has 0 aliphatic carbocycles. The summed E-state index contributed by atoms with van der Waals surface area (Å²) in [6.45, 7) is 5.25. The van der Waals surface area contributed by atoms with Gasteiger partial charge in [-0.3, -0.25) is 9.48 Å². The van der Waals surface area contributed by atoms with Crippen LogP contribution in [0.25, 0.3) is 22.0 Å². The molecule has 0 aliphatic heterocycles. The van der Waals surface area contributed by atoms with Gasteiger partial charge in [-0.05, 0) is 36.6 Å². The van der Waals surface area contributed by atoms with E-state index in [1.165, 1.54) is 4.68 Å². The lowest BCUT2D eigenvalue weighted by atomic mass is 9.99. The molecule has 0 unspecified atom stereocenters. The van der Waals surface area contributed by atoms with Crippen molar-refractivity contribution in [3.63, 3.8) is 0 Å². The van der Waals surface area contributed by atoms with Gasteiger partial charge < -0.3 is 5.11 Å². The van der Waals surface area contributed by atoms with E-state index in [9.17, 15) is 10.1 Å². The molecule has 1 N–H and O–H groups in total. The largest absolute Gasteiger partial charge is 0.480 e. The van der Waals surface area contributed by atoms with Gasteiger partial charge in [0.2, 0.25) is 0 Å². The molecular weight excluding hydrogens is 318 g/mol. The number of aromatic nitrogens is 4. The van der Waals surface area contributed by atoms with Crippen molar-refractivity contribution in [3.8, 4) is 17.2 Å². The predicted octanol–water partition coefficient (Wildman–Crippen LogP) is 2.49. The van der Waals surface area contributed by atoms with Gasteiger partial charge in [0.05, 0.1) is 5.52 Å². The van der Waals surface area contributed by atoms with Gasteiger partial charge in [0.15, 0.2) is 5.69 Å². The molecule has 0 amide bonds. The Morgan fingerprint density at radius 2 is 2.08 bits per heavy atom. The van der Waals surface area contributed by atoms with E-state index in [1.807, 2.05) is 18.2 Å². The van der Waals surface area contributed by atoms with Crippen LogP contribution >= 0.6 is 0 Å². The van der Waals surface area contributed by atoms with Crippen molar-refractivity contribution in [2.24, 2.45) is 0 Å². The SMILES string of the molecule is C=CCc1cc(-c2cnc(C)nc2)cc2c(C#N)nn(CC(=O)O)c12. The molecule has 0 spiro atoms. The standard InChI is InChI=1S/C18H15N5O2/c1-3-4-12-5-13(14-8-20-11(2)21-9-14)6-15-16(7-19)22-23(18(12)15)10-17(24)25/h3,5-6,8-9H,1,4,10H2,2H3,(H,24,25). The van der Waals surface area contributed by atoms with E-state index >= 15 is 0 Å². The number of carbonyl (C=O) groups is 1. The van der Waals surface area contributed by atoms with Crippen LogP contribution in [-0.4, -0.2) is 30.8 Å². The Labute approximate surface area is 143 Å². The van der Waals surface area contributed by atoms with E-state index in [0.717, 1.165) is 16.7 Å². The summed E-state index contributed by atoms with van der Waals surface area (Å²) in [6.07, 6.45) is 5.69. The lowest BCUT2D eigenvalue weighted by Gasteiger charge is -2.09. The Kier molecular flexibility index (Phi) is 4.27. The highest BCUT2D eigenvalue weighted by atomic mass is 16.4. The number of nitrogens with zero attached hydrogens (tertiary/aromatic N) is 5. The maximum atomic E-state index is 11.1. The Hall–Kier alpha value is -3.53. The van der Waals surface area contributed by atoms with Crippen LogP contribution in [0.1, 0.15) is 17.1 Å². The molecule has 0 bridgehead atoms. The Balaban J connectivity index is 2.29. The maximum absolute atomic E-state index is 11.1. The molecule has 0 radical (unpaired) electrons. The summed E-state index contributed by atoms with van der Waals surface area (Å²) in [5, 5.41) is 23.2. The van der Waals surface area contributed by atoms with Crippen LogP contribution in [0.2, 0.25) is 0 Å². The minimum Gasteiger partial charge on any atom is -0.480 e. The minimum atomic E-state index is -1.02. The number of benzene rings is 1. The molecule has 3 aromatic rings. The molecule has 7 nitrogen and oxygen atoms in total. The van der Waals surface area contributed by atoms with Crippen molar-refractivity contribution in [2.45, 2.75) is 19.9 Å². The smallest absolute Gasteiger partial charge is 0.325 e. The zero-order valence-electron chi connectivity index (χ0n) is 13.6. The Morgan fingerprint density at radius 3 is 2.68 bits per heavy atom. The lowest BCUT2D eigenvalue weighted by molar-refractivity contribution is -0.137. The number of nitriles is 1. The number of hydrogen-bond donors (Lipinski definition) is 1. The predicted molar refractivity (Wildman–Crippen MR) is 91.7 cm³/mol. The van der Waals surface area contributed by atoms with Gasteiger partial charge in [0, 0.05) is 23.3 Å². The van der Waals surface area contributed by atoms with E-state index < -0.39 is 5.97 Å². The normalized spacial score (nSPS) is 10.6. The molecule has 0 aliphatic rings. The number of aryl methyl sites for hydroxylation is 1. The summed E-state index contributed by atoms with van der Waals surface area (Å²) in [6, 6.07) is 5.79. The Bertz CT molecular complexity index is 1010. The molecule has 3 rings (SSSR count). The molecule has 7 heteroatoms. The highest BCUT2D eigenvalue weighted by Crippen LogP contribution is 2.30. The first-order chi connectivity index (χ1) is 12.0. The van der Waals surface area contributed by atoms with Crippen molar-refractivity contribution < 1.29 is 9.90 Å². The molecule has 0 fully saturated rings. The minimum absolute atomic E-state index is 0.191. The molecule has 2 aromatic heterocycles. The molecule has 0 atom stereocenters. The highest BCUT2D eigenvalue weighted by molar-refractivity contribution is 5.92. The second-order valence-electron chi connectivity index (χ2n) is 5.56. The first kappa shape index (κ1) is 16.3. The van der Waals surface area contributed by atoms with Gasteiger partial charge in [-0.25, -0.2) is 9.97 Å². The van der Waals surface area contributed by atoms with Crippen molar-refractivity contribution in [2.75, 3.05) is 0 Å². The van der Waals surface area contributed by atoms with Crippen LogP contribution in [-0.2, 0) is 17.8 Å². The molecule has 25 heavy (non-hydrogen) atoms. The second kappa shape index (κ2) is 6.53. The number of aliphatic carboxylic acids is 1. The first-order valence-electron chi connectivity index (χ1n) is 7.58.